The Morgan fingerprint density at radius 1 is 1.19 bits per heavy atom. The van der Waals surface area contributed by atoms with E-state index in [1.807, 2.05) is 0 Å². The normalized spacial score (nSPS) is 18.7. The minimum absolute atomic E-state index is 0.150. The summed E-state index contributed by atoms with van der Waals surface area (Å²) in [7, 11) is 0. The van der Waals surface area contributed by atoms with Crippen LogP contribution in [-0.2, 0) is 0 Å². The minimum atomic E-state index is -0.811. The Kier molecular flexibility index (Phi) is 3.10. The molecule has 1 aromatic rings. The molecule has 2 N–H and O–H groups in total. The van der Waals surface area contributed by atoms with E-state index >= 15 is 0 Å². The largest absolute Gasteiger partial charge is 0.388 e. The average Bonchev–Trinajstić information content (AvgIpc) is 2.65. The lowest BCUT2D eigenvalue weighted by molar-refractivity contribution is 0.0613. The molecule has 0 aliphatic heterocycles. The second-order valence-electron chi connectivity index (χ2n) is 4.38. The molecule has 4 heteroatoms. The van der Waals surface area contributed by atoms with E-state index in [4.69, 9.17) is 0 Å². The summed E-state index contributed by atoms with van der Waals surface area (Å²) in [6.45, 7) is 0.199. The number of nitrogens with one attached hydrogen (secondary N) is 1. The summed E-state index contributed by atoms with van der Waals surface area (Å²) in [6, 6.07) is 3.72. The van der Waals surface area contributed by atoms with E-state index in [1.54, 1.807) is 0 Å². The average molecular weight is 227 g/mol. The smallest absolute Gasteiger partial charge is 0.149 e. The van der Waals surface area contributed by atoms with Gasteiger partial charge in [-0.3, -0.25) is 0 Å². The Hall–Kier alpha value is -1.16. The van der Waals surface area contributed by atoms with E-state index in [0.717, 1.165) is 12.8 Å². The molecule has 0 bridgehead atoms. The molecule has 0 saturated heterocycles. The van der Waals surface area contributed by atoms with Crippen LogP contribution in [0.2, 0.25) is 0 Å². The highest BCUT2D eigenvalue weighted by atomic mass is 19.1. The molecule has 1 aliphatic rings. The van der Waals surface area contributed by atoms with Crippen molar-refractivity contribution >= 4 is 5.69 Å². The van der Waals surface area contributed by atoms with Crippen LogP contribution in [0.5, 0.6) is 0 Å². The summed E-state index contributed by atoms with van der Waals surface area (Å²) in [6.07, 6.45) is 3.32. The summed E-state index contributed by atoms with van der Waals surface area (Å²) >= 11 is 0. The molecule has 0 amide bonds. The molecule has 2 nitrogen and oxygen atoms in total. The molecule has 1 aliphatic carbocycles. The van der Waals surface area contributed by atoms with Gasteiger partial charge >= 0.3 is 0 Å². The van der Waals surface area contributed by atoms with Crippen LogP contribution in [0.1, 0.15) is 25.7 Å². The number of anilines is 1. The van der Waals surface area contributed by atoms with Gasteiger partial charge in [0.1, 0.15) is 17.3 Å². The summed E-state index contributed by atoms with van der Waals surface area (Å²) in [5.41, 5.74) is -0.961. The van der Waals surface area contributed by atoms with Crippen LogP contribution in [0, 0.1) is 11.6 Å². The lowest BCUT2D eigenvalue weighted by atomic mass is 10.0. The Bertz CT molecular complexity index is 355. The summed E-state index contributed by atoms with van der Waals surface area (Å²) in [4.78, 5) is 0. The van der Waals surface area contributed by atoms with Crippen molar-refractivity contribution in [2.75, 3.05) is 11.9 Å². The quantitative estimate of drug-likeness (QED) is 0.832. The maximum absolute atomic E-state index is 13.3. The van der Waals surface area contributed by atoms with E-state index in [2.05, 4.69) is 5.32 Å². The fraction of sp³-hybridized carbons (Fsp3) is 0.500. The fourth-order valence-corrected chi connectivity index (χ4v) is 2.13. The van der Waals surface area contributed by atoms with Crippen LogP contribution in [0.4, 0.5) is 14.5 Å². The first-order valence-corrected chi connectivity index (χ1v) is 5.51. The van der Waals surface area contributed by atoms with E-state index in [-0.39, 0.29) is 12.2 Å². The van der Waals surface area contributed by atoms with Crippen molar-refractivity contribution in [3.8, 4) is 0 Å². The first-order chi connectivity index (χ1) is 7.61. The lowest BCUT2D eigenvalue weighted by Crippen LogP contribution is -2.33. The van der Waals surface area contributed by atoms with Crippen molar-refractivity contribution in [1.82, 2.24) is 0 Å². The third kappa shape index (κ3) is 2.32. The molecule has 88 valence electrons. The van der Waals surface area contributed by atoms with Gasteiger partial charge in [-0.1, -0.05) is 18.9 Å². The number of benzene rings is 1. The SMILES string of the molecule is OC1(CNc2c(F)cccc2F)CCCC1. The van der Waals surface area contributed by atoms with Gasteiger partial charge in [0, 0.05) is 6.54 Å². The molecule has 0 aromatic heterocycles. The Morgan fingerprint density at radius 3 is 2.31 bits per heavy atom. The van der Waals surface area contributed by atoms with E-state index < -0.39 is 17.2 Å². The molecule has 1 fully saturated rings. The van der Waals surface area contributed by atoms with Gasteiger partial charge in [0.25, 0.3) is 0 Å². The first-order valence-electron chi connectivity index (χ1n) is 5.51. The molecule has 0 radical (unpaired) electrons. The van der Waals surface area contributed by atoms with Crippen molar-refractivity contribution in [3.63, 3.8) is 0 Å². The predicted octanol–water partition coefficient (Wildman–Crippen LogP) is 2.68. The molecule has 0 spiro atoms. The topological polar surface area (TPSA) is 32.3 Å². The molecular formula is C12H15F2NO. The molecule has 16 heavy (non-hydrogen) atoms. The molecule has 2 rings (SSSR count). The number of para-hydroxylation sites is 1. The second-order valence-corrected chi connectivity index (χ2v) is 4.38. The fourth-order valence-electron chi connectivity index (χ4n) is 2.13. The van der Waals surface area contributed by atoms with Crippen LogP contribution in [0.25, 0.3) is 0 Å². The summed E-state index contributed by atoms with van der Waals surface area (Å²) in [5, 5.41) is 12.7. The van der Waals surface area contributed by atoms with Crippen molar-refractivity contribution in [3.05, 3.63) is 29.8 Å². The maximum Gasteiger partial charge on any atom is 0.149 e. The summed E-state index contributed by atoms with van der Waals surface area (Å²) in [5.74, 6) is -1.25. The van der Waals surface area contributed by atoms with Crippen molar-refractivity contribution in [1.29, 1.82) is 0 Å². The van der Waals surface area contributed by atoms with Crippen LogP contribution < -0.4 is 5.32 Å². The van der Waals surface area contributed by atoms with E-state index in [9.17, 15) is 13.9 Å². The number of hydrogen-bond acceptors (Lipinski definition) is 2. The van der Waals surface area contributed by atoms with Crippen LogP contribution >= 0.6 is 0 Å². The predicted molar refractivity (Wildman–Crippen MR) is 58.3 cm³/mol. The highest BCUT2D eigenvalue weighted by molar-refractivity contribution is 5.46. The second kappa shape index (κ2) is 4.37. The van der Waals surface area contributed by atoms with Crippen molar-refractivity contribution in [2.24, 2.45) is 0 Å². The molecule has 1 saturated carbocycles. The molecule has 0 heterocycles. The Labute approximate surface area is 93.3 Å². The summed E-state index contributed by atoms with van der Waals surface area (Å²) < 4.78 is 26.5. The molecule has 1 aromatic carbocycles. The molecular weight excluding hydrogens is 212 g/mol. The van der Waals surface area contributed by atoms with Gasteiger partial charge < -0.3 is 10.4 Å². The number of aliphatic hydroxyl groups is 1. The standard InChI is InChI=1S/C12H15F2NO/c13-9-4-3-5-10(14)11(9)15-8-12(16)6-1-2-7-12/h3-5,15-16H,1-2,6-8H2. The van der Waals surface area contributed by atoms with Crippen molar-refractivity contribution < 1.29 is 13.9 Å². The van der Waals surface area contributed by atoms with Crippen LogP contribution in [-0.4, -0.2) is 17.3 Å². The van der Waals surface area contributed by atoms with Crippen LogP contribution in [0.15, 0.2) is 18.2 Å². The third-order valence-corrected chi connectivity index (χ3v) is 3.09. The minimum Gasteiger partial charge on any atom is -0.388 e. The molecule has 0 atom stereocenters. The van der Waals surface area contributed by atoms with Crippen LogP contribution in [0.3, 0.4) is 0 Å². The van der Waals surface area contributed by atoms with Gasteiger partial charge in [0.05, 0.1) is 5.60 Å². The highest BCUT2D eigenvalue weighted by Crippen LogP contribution is 2.30. The number of halogens is 2. The molecule has 0 unspecified atom stereocenters. The Morgan fingerprint density at radius 2 is 1.75 bits per heavy atom. The zero-order chi connectivity index (χ0) is 11.6. The van der Waals surface area contributed by atoms with Gasteiger partial charge in [-0.15, -0.1) is 0 Å². The first kappa shape index (κ1) is 11.3. The van der Waals surface area contributed by atoms with Gasteiger partial charge in [-0.25, -0.2) is 8.78 Å². The van der Waals surface area contributed by atoms with Gasteiger partial charge in [-0.2, -0.15) is 0 Å². The highest BCUT2D eigenvalue weighted by Gasteiger charge is 2.31. The Balaban J connectivity index is 2.04. The lowest BCUT2D eigenvalue weighted by Gasteiger charge is -2.23. The number of hydrogen-bond donors (Lipinski definition) is 2. The van der Waals surface area contributed by atoms with E-state index in [1.165, 1.54) is 18.2 Å². The third-order valence-electron chi connectivity index (χ3n) is 3.09. The zero-order valence-corrected chi connectivity index (χ0v) is 8.97. The van der Waals surface area contributed by atoms with Crippen molar-refractivity contribution in [2.45, 2.75) is 31.3 Å². The van der Waals surface area contributed by atoms with E-state index in [0.29, 0.717) is 12.8 Å². The van der Waals surface area contributed by atoms with Gasteiger partial charge in [0.15, 0.2) is 0 Å². The zero-order valence-electron chi connectivity index (χ0n) is 8.97. The van der Waals surface area contributed by atoms with Gasteiger partial charge in [0.2, 0.25) is 0 Å². The van der Waals surface area contributed by atoms with Gasteiger partial charge in [-0.05, 0) is 25.0 Å². The number of rotatable bonds is 3. The maximum atomic E-state index is 13.3. The monoisotopic (exact) mass is 227 g/mol.